The topological polar surface area (TPSA) is 42.0 Å². The highest BCUT2D eigenvalue weighted by Gasteiger charge is 2.07. The summed E-state index contributed by atoms with van der Waals surface area (Å²) in [7, 11) is 0. The van der Waals surface area contributed by atoms with Crippen LogP contribution in [0, 0.1) is 11.8 Å². The molecule has 0 fully saturated rings. The van der Waals surface area contributed by atoms with Crippen LogP contribution < -0.4 is 5.32 Å². The maximum atomic E-state index is 11.2. The molecule has 1 aromatic rings. The summed E-state index contributed by atoms with van der Waals surface area (Å²) in [6, 6.07) is 0. The first-order chi connectivity index (χ1) is 6.24. The van der Waals surface area contributed by atoms with Gasteiger partial charge in [-0.15, -0.1) is 17.3 Å². The van der Waals surface area contributed by atoms with Gasteiger partial charge >= 0.3 is 0 Å². The normalized spacial score (nSPS) is 8.77. The molecule has 0 saturated carbocycles. The molecule has 1 rings (SSSR count). The molecule has 1 N–H and O–H groups in total. The first-order valence-electron chi connectivity index (χ1n) is 3.53. The number of hydrogen-bond donors (Lipinski definition) is 1. The molecular weight excluding hydrogens is 208 g/mol. The Morgan fingerprint density at radius 1 is 1.85 bits per heavy atom. The fourth-order valence-corrected chi connectivity index (χ4v) is 1.40. The van der Waals surface area contributed by atoms with Crippen LogP contribution >= 0.6 is 22.9 Å². The Morgan fingerprint density at radius 3 is 3.15 bits per heavy atom. The quantitative estimate of drug-likeness (QED) is 0.759. The molecule has 0 atom stereocenters. The van der Waals surface area contributed by atoms with Gasteiger partial charge in [0.25, 0.3) is 5.91 Å². The van der Waals surface area contributed by atoms with Crippen LogP contribution in [0.15, 0.2) is 5.38 Å². The zero-order valence-corrected chi connectivity index (χ0v) is 8.50. The smallest absolute Gasteiger partial charge is 0.271 e. The van der Waals surface area contributed by atoms with Gasteiger partial charge in [-0.05, 0) is 6.92 Å². The molecule has 68 valence electrons. The van der Waals surface area contributed by atoms with Gasteiger partial charge in [0.05, 0.1) is 6.54 Å². The molecule has 0 aliphatic carbocycles. The van der Waals surface area contributed by atoms with E-state index in [-0.39, 0.29) is 5.91 Å². The standard InChI is InChI=1S/C8H7ClN2OS/c1-2-3-4-10-7(12)6-5-13-8(9)11-6/h5H,4H2,1H3,(H,10,12). The molecule has 0 saturated heterocycles. The molecule has 0 aromatic carbocycles. The summed E-state index contributed by atoms with van der Waals surface area (Å²) < 4.78 is 0.367. The van der Waals surface area contributed by atoms with E-state index in [4.69, 9.17) is 11.6 Å². The third-order valence-electron chi connectivity index (χ3n) is 1.22. The van der Waals surface area contributed by atoms with E-state index >= 15 is 0 Å². The summed E-state index contributed by atoms with van der Waals surface area (Å²) in [5, 5.41) is 4.19. The summed E-state index contributed by atoms with van der Waals surface area (Å²) in [6.07, 6.45) is 0. The van der Waals surface area contributed by atoms with Crippen LogP contribution in [0.1, 0.15) is 17.4 Å². The summed E-state index contributed by atoms with van der Waals surface area (Å²) in [5.41, 5.74) is 0.341. The van der Waals surface area contributed by atoms with E-state index in [0.29, 0.717) is 16.7 Å². The fourth-order valence-electron chi connectivity index (χ4n) is 0.660. The monoisotopic (exact) mass is 214 g/mol. The van der Waals surface area contributed by atoms with E-state index < -0.39 is 0 Å². The third kappa shape index (κ3) is 3.05. The molecule has 1 aromatic heterocycles. The van der Waals surface area contributed by atoms with E-state index in [9.17, 15) is 4.79 Å². The largest absolute Gasteiger partial charge is 0.340 e. The Kier molecular flexibility index (Phi) is 3.74. The summed E-state index contributed by atoms with van der Waals surface area (Å²) in [6.45, 7) is 2.05. The van der Waals surface area contributed by atoms with Crippen molar-refractivity contribution in [3.05, 3.63) is 15.5 Å². The van der Waals surface area contributed by atoms with E-state index in [0.717, 1.165) is 0 Å². The second kappa shape index (κ2) is 4.85. The van der Waals surface area contributed by atoms with Gasteiger partial charge in [0.1, 0.15) is 5.69 Å². The van der Waals surface area contributed by atoms with Crippen molar-refractivity contribution in [3.8, 4) is 11.8 Å². The highest BCUT2D eigenvalue weighted by molar-refractivity contribution is 7.14. The average Bonchev–Trinajstić information content (AvgIpc) is 2.52. The van der Waals surface area contributed by atoms with Crippen molar-refractivity contribution in [1.29, 1.82) is 0 Å². The maximum absolute atomic E-state index is 11.2. The molecule has 0 spiro atoms. The molecule has 0 aliphatic rings. The van der Waals surface area contributed by atoms with Crippen LogP contribution in [-0.4, -0.2) is 17.4 Å². The minimum absolute atomic E-state index is 0.245. The Labute approximate surface area is 85.1 Å². The summed E-state index contributed by atoms with van der Waals surface area (Å²) >= 11 is 6.79. The van der Waals surface area contributed by atoms with Crippen LogP contribution in [0.25, 0.3) is 0 Å². The Morgan fingerprint density at radius 2 is 2.62 bits per heavy atom. The lowest BCUT2D eigenvalue weighted by atomic mass is 10.4. The van der Waals surface area contributed by atoms with Crippen molar-refractivity contribution >= 4 is 28.8 Å². The SMILES string of the molecule is CC#CCNC(=O)c1csc(Cl)n1. The number of amides is 1. The van der Waals surface area contributed by atoms with Gasteiger partial charge in [0, 0.05) is 5.38 Å². The number of nitrogens with zero attached hydrogens (tertiary/aromatic N) is 1. The van der Waals surface area contributed by atoms with E-state index in [1.807, 2.05) is 0 Å². The van der Waals surface area contributed by atoms with Crippen LogP contribution in [-0.2, 0) is 0 Å². The predicted octanol–water partition coefficient (Wildman–Crippen LogP) is 1.55. The maximum Gasteiger partial charge on any atom is 0.271 e. The number of halogens is 1. The Balaban J connectivity index is 2.52. The van der Waals surface area contributed by atoms with E-state index in [2.05, 4.69) is 22.1 Å². The highest BCUT2D eigenvalue weighted by Crippen LogP contribution is 2.14. The molecule has 1 heterocycles. The third-order valence-corrected chi connectivity index (χ3v) is 2.20. The number of rotatable bonds is 2. The lowest BCUT2D eigenvalue weighted by molar-refractivity contribution is 0.0954. The van der Waals surface area contributed by atoms with Crippen LogP contribution in [0.5, 0.6) is 0 Å². The van der Waals surface area contributed by atoms with Gasteiger partial charge in [0.15, 0.2) is 4.47 Å². The van der Waals surface area contributed by atoms with Crippen molar-refractivity contribution in [2.75, 3.05) is 6.54 Å². The highest BCUT2D eigenvalue weighted by atomic mass is 35.5. The second-order valence-corrected chi connectivity index (χ2v) is 3.54. The van der Waals surface area contributed by atoms with Gasteiger partial charge < -0.3 is 5.32 Å². The molecule has 0 unspecified atom stereocenters. The van der Waals surface area contributed by atoms with Gasteiger partial charge in [-0.3, -0.25) is 4.79 Å². The van der Waals surface area contributed by atoms with Gasteiger partial charge in [-0.1, -0.05) is 17.5 Å². The Bertz CT molecular complexity index is 364. The van der Waals surface area contributed by atoms with Gasteiger partial charge in [-0.25, -0.2) is 4.98 Å². The zero-order valence-electron chi connectivity index (χ0n) is 6.93. The minimum Gasteiger partial charge on any atom is -0.340 e. The zero-order chi connectivity index (χ0) is 9.68. The molecule has 13 heavy (non-hydrogen) atoms. The summed E-state index contributed by atoms with van der Waals surface area (Å²) in [5.74, 6) is 5.14. The van der Waals surface area contributed by atoms with Crippen LogP contribution in [0.4, 0.5) is 0 Å². The van der Waals surface area contributed by atoms with Crippen LogP contribution in [0.2, 0.25) is 4.47 Å². The number of thiazole rings is 1. The van der Waals surface area contributed by atoms with Crippen molar-refractivity contribution in [3.63, 3.8) is 0 Å². The second-order valence-electron chi connectivity index (χ2n) is 2.10. The fraction of sp³-hybridized carbons (Fsp3) is 0.250. The lowest BCUT2D eigenvalue weighted by Gasteiger charge is -1.95. The molecular formula is C8H7ClN2OS. The van der Waals surface area contributed by atoms with Crippen molar-refractivity contribution in [2.24, 2.45) is 0 Å². The first kappa shape index (κ1) is 10.0. The Hall–Kier alpha value is -1.05. The lowest BCUT2D eigenvalue weighted by Crippen LogP contribution is -2.23. The number of hydrogen-bond acceptors (Lipinski definition) is 3. The summed E-state index contributed by atoms with van der Waals surface area (Å²) in [4.78, 5) is 15.1. The van der Waals surface area contributed by atoms with E-state index in [1.54, 1.807) is 12.3 Å². The number of carbonyl (C=O) groups is 1. The molecule has 5 heteroatoms. The first-order valence-corrected chi connectivity index (χ1v) is 4.78. The average molecular weight is 215 g/mol. The van der Waals surface area contributed by atoms with Crippen molar-refractivity contribution in [2.45, 2.75) is 6.92 Å². The predicted molar refractivity (Wildman–Crippen MR) is 52.9 cm³/mol. The molecule has 3 nitrogen and oxygen atoms in total. The molecule has 0 radical (unpaired) electrons. The molecule has 0 bridgehead atoms. The van der Waals surface area contributed by atoms with Crippen molar-refractivity contribution in [1.82, 2.24) is 10.3 Å². The number of nitrogens with one attached hydrogen (secondary N) is 1. The van der Waals surface area contributed by atoms with Gasteiger partial charge in [0.2, 0.25) is 0 Å². The molecule has 0 aliphatic heterocycles. The number of carbonyl (C=O) groups excluding carboxylic acids is 1. The van der Waals surface area contributed by atoms with Crippen LogP contribution in [0.3, 0.4) is 0 Å². The van der Waals surface area contributed by atoms with Crippen molar-refractivity contribution < 1.29 is 4.79 Å². The number of aromatic nitrogens is 1. The molecule has 1 amide bonds. The minimum atomic E-state index is -0.245. The van der Waals surface area contributed by atoms with Gasteiger partial charge in [-0.2, -0.15) is 0 Å². The van der Waals surface area contributed by atoms with E-state index in [1.165, 1.54) is 11.3 Å².